The molecule has 1 aliphatic rings. The van der Waals surface area contributed by atoms with E-state index in [4.69, 9.17) is 11.6 Å². The lowest BCUT2D eigenvalue weighted by molar-refractivity contribution is -0.114. The van der Waals surface area contributed by atoms with E-state index in [9.17, 15) is 14.0 Å². The number of hydrogen-bond acceptors (Lipinski definition) is 2. The molecule has 0 aliphatic carbocycles. The third kappa shape index (κ3) is 1.93. The van der Waals surface area contributed by atoms with Crippen molar-refractivity contribution in [1.82, 2.24) is 0 Å². The number of halogens is 2. The maximum atomic E-state index is 13.4. The fraction of sp³-hybridized carbons (Fsp3) is 0.231. The van der Waals surface area contributed by atoms with Crippen LogP contribution in [0, 0.1) is 5.82 Å². The summed E-state index contributed by atoms with van der Waals surface area (Å²) >= 11 is 5.61. The number of rotatable bonds is 3. The number of Topliss-reactive ketones (excluding diaryl/α,β-unsaturated/α-hetero) is 1. The minimum Gasteiger partial charge on any atom is -0.301 e. The Hall–Kier alpha value is -1.68. The van der Waals surface area contributed by atoms with Gasteiger partial charge in [0, 0.05) is 6.54 Å². The highest BCUT2D eigenvalue weighted by Crippen LogP contribution is 2.33. The Balaban J connectivity index is 2.48. The van der Waals surface area contributed by atoms with Gasteiger partial charge in [0.25, 0.3) is 11.7 Å². The average Bonchev–Trinajstić information content (AvgIpc) is 2.56. The number of hydrogen-bond donors (Lipinski definition) is 0. The van der Waals surface area contributed by atoms with E-state index in [0.717, 1.165) is 11.6 Å². The van der Waals surface area contributed by atoms with E-state index in [2.05, 4.69) is 6.58 Å². The second-order valence-electron chi connectivity index (χ2n) is 4.11. The molecule has 0 fully saturated rings. The molecule has 0 N–H and O–H groups in total. The van der Waals surface area contributed by atoms with Crippen molar-refractivity contribution in [2.75, 3.05) is 11.4 Å². The molecule has 0 spiro atoms. The van der Waals surface area contributed by atoms with E-state index >= 15 is 0 Å². The van der Waals surface area contributed by atoms with Gasteiger partial charge >= 0.3 is 0 Å². The fourth-order valence-electron chi connectivity index (χ4n) is 1.78. The summed E-state index contributed by atoms with van der Waals surface area (Å²) in [6, 6.07) is 2.31. The quantitative estimate of drug-likeness (QED) is 0.624. The first kappa shape index (κ1) is 12.8. The first-order valence-corrected chi connectivity index (χ1v) is 5.85. The number of carbonyl (C=O) groups excluding carboxylic acids is 2. The van der Waals surface area contributed by atoms with Crippen LogP contribution >= 0.6 is 11.6 Å². The zero-order valence-corrected chi connectivity index (χ0v) is 10.6. The highest BCUT2D eigenvalue weighted by Gasteiger charge is 2.36. The van der Waals surface area contributed by atoms with Crippen LogP contribution in [0.3, 0.4) is 0 Å². The Morgan fingerprint density at radius 3 is 2.72 bits per heavy atom. The molecule has 1 amide bonds. The van der Waals surface area contributed by atoms with Crippen molar-refractivity contribution in [3.05, 3.63) is 40.7 Å². The molecule has 0 atom stereocenters. The van der Waals surface area contributed by atoms with Crippen molar-refractivity contribution in [1.29, 1.82) is 0 Å². The molecule has 0 radical (unpaired) electrons. The molecule has 0 saturated heterocycles. The summed E-state index contributed by atoms with van der Waals surface area (Å²) in [7, 11) is 0. The Morgan fingerprint density at radius 1 is 1.44 bits per heavy atom. The predicted molar refractivity (Wildman–Crippen MR) is 67.5 cm³/mol. The number of carbonyl (C=O) groups is 2. The highest BCUT2D eigenvalue weighted by atomic mass is 35.5. The van der Waals surface area contributed by atoms with E-state index in [-0.39, 0.29) is 22.8 Å². The van der Waals surface area contributed by atoms with Crippen LogP contribution in [0.15, 0.2) is 24.3 Å². The monoisotopic (exact) mass is 267 g/mol. The van der Waals surface area contributed by atoms with Crippen molar-refractivity contribution >= 4 is 29.0 Å². The normalized spacial score (nSPS) is 14.1. The van der Waals surface area contributed by atoms with Gasteiger partial charge in [-0.2, -0.15) is 0 Å². The van der Waals surface area contributed by atoms with Crippen LogP contribution in [-0.2, 0) is 4.79 Å². The largest absolute Gasteiger partial charge is 0.301 e. The molecule has 5 heteroatoms. The minimum atomic E-state index is -0.665. The smallest absolute Gasteiger partial charge is 0.299 e. The minimum absolute atomic E-state index is 0.148. The van der Waals surface area contributed by atoms with Crippen LogP contribution in [-0.4, -0.2) is 18.2 Å². The summed E-state index contributed by atoms with van der Waals surface area (Å²) in [5.74, 6) is -1.97. The number of benzene rings is 1. The van der Waals surface area contributed by atoms with Crippen molar-refractivity contribution in [2.24, 2.45) is 0 Å². The molecule has 0 bridgehead atoms. The third-order valence-corrected chi connectivity index (χ3v) is 3.18. The SMILES string of the molecule is C=C(CC)CN1C(=O)C(=O)c2cc(Cl)c(F)cc21. The van der Waals surface area contributed by atoms with Gasteiger partial charge in [0.15, 0.2) is 0 Å². The summed E-state index contributed by atoms with van der Waals surface area (Å²) in [5, 5.41) is -0.161. The number of nitrogens with zero attached hydrogens (tertiary/aromatic N) is 1. The number of ketones is 1. The van der Waals surface area contributed by atoms with Crippen LogP contribution in [0.2, 0.25) is 5.02 Å². The average molecular weight is 268 g/mol. The molecule has 1 heterocycles. The Morgan fingerprint density at radius 2 is 2.11 bits per heavy atom. The summed E-state index contributed by atoms with van der Waals surface area (Å²) in [6.45, 7) is 5.90. The number of fused-ring (bicyclic) bond motifs is 1. The van der Waals surface area contributed by atoms with Crippen molar-refractivity contribution in [2.45, 2.75) is 13.3 Å². The standard InChI is InChI=1S/C13H11ClFNO2/c1-3-7(2)6-16-11-5-10(15)9(14)4-8(11)12(17)13(16)18/h4-5H,2-3,6H2,1H3. The third-order valence-electron chi connectivity index (χ3n) is 2.90. The Labute approximate surface area is 109 Å². The maximum Gasteiger partial charge on any atom is 0.299 e. The maximum absolute atomic E-state index is 13.4. The predicted octanol–water partition coefficient (Wildman–Crippen LogP) is 2.97. The fourth-order valence-corrected chi connectivity index (χ4v) is 1.94. The number of anilines is 1. The molecule has 0 unspecified atom stereocenters. The van der Waals surface area contributed by atoms with Gasteiger partial charge in [-0.25, -0.2) is 4.39 Å². The molecule has 0 aromatic heterocycles. The zero-order chi connectivity index (χ0) is 13.4. The summed E-state index contributed by atoms with van der Waals surface area (Å²) in [6.07, 6.45) is 0.684. The summed E-state index contributed by atoms with van der Waals surface area (Å²) < 4.78 is 13.4. The van der Waals surface area contributed by atoms with E-state index in [1.54, 1.807) is 0 Å². The van der Waals surface area contributed by atoms with Crippen LogP contribution in [0.5, 0.6) is 0 Å². The van der Waals surface area contributed by atoms with Gasteiger partial charge < -0.3 is 4.90 Å². The van der Waals surface area contributed by atoms with Gasteiger partial charge in [-0.15, -0.1) is 0 Å². The highest BCUT2D eigenvalue weighted by molar-refractivity contribution is 6.52. The van der Waals surface area contributed by atoms with E-state index in [1.807, 2.05) is 6.92 Å². The van der Waals surface area contributed by atoms with Crippen LogP contribution < -0.4 is 4.90 Å². The van der Waals surface area contributed by atoms with Gasteiger partial charge in [-0.1, -0.05) is 30.7 Å². The lowest BCUT2D eigenvalue weighted by Crippen LogP contribution is -2.31. The molecule has 94 valence electrons. The molecule has 0 saturated carbocycles. The first-order chi connectivity index (χ1) is 8.45. The Bertz CT molecular complexity index is 568. The van der Waals surface area contributed by atoms with Crippen LogP contribution in [0.4, 0.5) is 10.1 Å². The molecule has 18 heavy (non-hydrogen) atoms. The molecule has 1 aromatic carbocycles. The molecular formula is C13H11ClFNO2. The van der Waals surface area contributed by atoms with Crippen LogP contribution in [0.1, 0.15) is 23.7 Å². The number of amides is 1. The van der Waals surface area contributed by atoms with Crippen molar-refractivity contribution < 1.29 is 14.0 Å². The molecule has 2 rings (SSSR count). The van der Waals surface area contributed by atoms with Gasteiger partial charge in [0.2, 0.25) is 0 Å². The van der Waals surface area contributed by atoms with Gasteiger partial charge in [-0.05, 0) is 18.6 Å². The molecule has 1 aliphatic heterocycles. The lowest BCUT2D eigenvalue weighted by atomic mass is 10.1. The van der Waals surface area contributed by atoms with Gasteiger partial charge in [0.1, 0.15) is 5.82 Å². The second kappa shape index (κ2) is 4.53. The van der Waals surface area contributed by atoms with Crippen molar-refractivity contribution in [3.63, 3.8) is 0 Å². The lowest BCUT2D eigenvalue weighted by Gasteiger charge is -2.17. The van der Waals surface area contributed by atoms with E-state index in [1.165, 1.54) is 11.0 Å². The second-order valence-corrected chi connectivity index (χ2v) is 4.51. The Kier molecular flexibility index (Phi) is 3.22. The topological polar surface area (TPSA) is 37.4 Å². The van der Waals surface area contributed by atoms with Crippen LogP contribution in [0.25, 0.3) is 0 Å². The summed E-state index contributed by atoms with van der Waals surface area (Å²) in [4.78, 5) is 24.8. The first-order valence-electron chi connectivity index (χ1n) is 5.47. The van der Waals surface area contributed by atoms with Gasteiger partial charge in [-0.3, -0.25) is 9.59 Å². The molecular weight excluding hydrogens is 257 g/mol. The van der Waals surface area contributed by atoms with E-state index in [0.29, 0.717) is 6.42 Å². The summed E-state index contributed by atoms with van der Waals surface area (Å²) in [5.41, 5.74) is 1.20. The van der Waals surface area contributed by atoms with Gasteiger partial charge in [0.05, 0.1) is 16.3 Å². The zero-order valence-electron chi connectivity index (χ0n) is 9.80. The molecule has 3 nitrogen and oxygen atoms in total. The molecule has 1 aromatic rings. The van der Waals surface area contributed by atoms with Crippen molar-refractivity contribution in [3.8, 4) is 0 Å². The van der Waals surface area contributed by atoms with E-state index < -0.39 is 17.5 Å².